The van der Waals surface area contributed by atoms with Gasteiger partial charge < -0.3 is 9.80 Å². The van der Waals surface area contributed by atoms with E-state index in [1.807, 2.05) is 0 Å². The van der Waals surface area contributed by atoms with Crippen LogP contribution in [0.3, 0.4) is 0 Å². The summed E-state index contributed by atoms with van der Waals surface area (Å²) >= 11 is 0. The zero-order chi connectivity index (χ0) is 34.4. The van der Waals surface area contributed by atoms with Gasteiger partial charge in [-0.15, -0.1) is 0 Å². The van der Waals surface area contributed by atoms with E-state index in [0.717, 1.165) is 9.80 Å². The van der Waals surface area contributed by atoms with Gasteiger partial charge in [-0.05, 0) is 65.8 Å². The molecule has 46 heavy (non-hydrogen) atoms. The van der Waals surface area contributed by atoms with Crippen molar-refractivity contribution in [3.63, 3.8) is 0 Å². The van der Waals surface area contributed by atoms with Crippen molar-refractivity contribution >= 4 is 23.6 Å². The summed E-state index contributed by atoms with van der Waals surface area (Å²) in [7, 11) is 1.26. The average molecular weight is 658 g/mol. The molecule has 2 aliphatic heterocycles. The SMILES string of the molecule is Cc1cc(F)ccc1C1CN(C(=O)CN2C(=O)CC(C)(C)CC2=O)CCC1C(=O)N(C)Cc1cc(C(F)(F)F)cc(C(F)(F)F)c1. The second-order valence-corrected chi connectivity index (χ2v) is 12.8. The van der Waals surface area contributed by atoms with Crippen LogP contribution in [0.1, 0.15) is 66.8 Å². The maximum atomic E-state index is 14.0. The van der Waals surface area contributed by atoms with Crippen LogP contribution in [0.15, 0.2) is 36.4 Å². The Balaban J connectivity index is 1.58. The molecule has 0 spiro atoms. The van der Waals surface area contributed by atoms with Gasteiger partial charge in [-0.3, -0.25) is 24.1 Å². The van der Waals surface area contributed by atoms with Crippen molar-refractivity contribution in [1.29, 1.82) is 0 Å². The highest BCUT2D eigenvalue weighted by molar-refractivity contribution is 6.01. The fraction of sp³-hybridized carbons (Fsp3) is 0.500. The molecule has 0 bridgehead atoms. The number of amides is 4. The maximum absolute atomic E-state index is 14.0. The van der Waals surface area contributed by atoms with Crippen LogP contribution in [0.4, 0.5) is 30.7 Å². The Labute approximate surface area is 261 Å². The van der Waals surface area contributed by atoms with Crippen LogP contribution in [0.5, 0.6) is 0 Å². The normalized spacial score (nSPS) is 20.6. The highest BCUT2D eigenvalue weighted by atomic mass is 19.4. The number of benzene rings is 2. The zero-order valence-corrected chi connectivity index (χ0v) is 25.7. The monoisotopic (exact) mass is 657 g/mol. The van der Waals surface area contributed by atoms with Crippen LogP contribution in [-0.2, 0) is 38.1 Å². The lowest BCUT2D eigenvalue weighted by molar-refractivity contribution is -0.157. The first-order valence-electron chi connectivity index (χ1n) is 14.6. The van der Waals surface area contributed by atoms with E-state index in [2.05, 4.69) is 0 Å². The predicted molar refractivity (Wildman–Crippen MR) is 151 cm³/mol. The van der Waals surface area contributed by atoms with Crippen molar-refractivity contribution in [2.75, 3.05) is 26.7 Å². The molecule has 0 N–H and O–H groups in total. The number of likely N-dealkylation sites (tertiary alicyclic amines) is 2. The lowest BCUT2D eigenvalue weighted by Gasteiger charge is -2.41. The summed E-state index contributed by atoms with van der Waals surface area (Å²) in [6.07, 6.45) is -9.88. The number of hydrogen-bond acceptors (Lipinski definition) is 4. The van der Waals surface area contributed by atoms with Crippen molar-refractivity contribution in [3.05, 3.63) is 70.0 Å². The summed E-state index contributed by atoms with van der Waals surface area (Å²) in [6, 6.07) is 5.03. The third kappa shape index (κ3) is 7.87. The van der Waals surface area contributed by atoms with Crippen LogP contribution < -0.4 is 0 Å². The molecular formula is C32H34F7N3O4. The molecule has 2 atom stereocenters. The van der Waals surface area contributed by atoms with Crippen LogP contribution in [0, 0.1) is 24.1 Å². The van der Waals surface area contributed by atoms with Gasteiger partial charge in [-0.1, -0.05) is 19.9 Å². The molecule has 2 fully saturated rings. The number of alkyl halides is 6. The Morgan fingerprint density at radius 2 is 1.50 bits per heavy atom. The minimum Gasteiger partial charge on any atom is -0.341 e. The molecule has 7 nitrogen and oxygen atoms in total. The lowest BCUT2D eigenvalue weighted by atomic mass is 9.78. The molecule has 14 heteroatoms. The topological polar surface area (TPSA) is 78.0 Å². The zero-order valence-electron chi connectivity index (χ0n) is 25.7. The molecular weight excluding hydrogens is 623 g/mol. The molecule has 0 aromatic heterocycles. The molecule has 250 valence electrons. The summed E-state index contributed by atoms with van der Waals surface area (Å²) in [4.78, 5) is 55.8. The second-order valence-electron chi connectivity index (χ2n) is 12.8. The Kier molecular flexibility index (Phi) is 9.61. The van der Waals surface area contributed by atoms with E-state index >= 15 is 0 Å². The number of rotatable bonds is 6. The fourth-order valence-corrected chi connectivity index (χ4v) is 6.21. The Morgan fingerprint density at radius 1 is 0.935 bits per heavy atom. The van der Waals surface area contributed by atoms with Gasteiger partial charge in [0.2, 0.25) is 23.6 Å². The van der Waals surface area contributed by atoms with Crippen LogP contribution in [-0.4, -0.2) is 65.0 Å². The average Bonchev–Trinajstić information content (AvgIpc) is 2.92. The molecule has 2 aromatic carbocycles. The third-order valence-corrected chi connectivity index (χ3v) is 8.51. The standard InChI is InChI=1S/C32H34F7N3O4/c1-18-9-22(33)5-6-23(18)25-16-41(28(45)17-42-26(43)13-30(2,3)14-27(42)44)8-7-24(25)29(46)40(4)15-19-10-20(31(34,35)36)12-21(11-19)32(37,38)39/h5-6,9-12,24-25H,7-8,13-17H2,1-4H3. The van der Waals surface area contributed by atoms with Gasteiger partial charge in [0, 0.05) is 51.4 Å². The van der Waals surface area contributed by atoms with E-state index in [-0.39, 0.29) is 44.0 Å². The van der Waals surface area contributed by atoms with Crippen molar-refractivity contribution in [2.24, 2.45) is 11.3 Å². The van der Waals surface area contributed by atoms with Gasteiger partial charge in [-0.2, -0.15) is 26.3 Å². The van der Waals surface area contributed by atoms with Gasteiger partial charge in [0.05, 0.1) is 11.1 Å². The molecule has 0 radical (unpaired) electrons. The van der Waals surface area contributed by atoms with E-state index in [4.69, 9.17) is 0 Å². The Morgan fingerprint density at radius 3 is 2.02 bits per heavy atom. The summed E-state index contributed by atoms with van der Waals surface area (Å²) in [5.41, 5.74) is -2.92. The molecule has 2 heterocycles. The van der Waals surface area contributed by atoms with Gasteiger partial charge in [-0.25, -0.2) is 4.39 Å². The first kappa shape index (κ1) is 34.9. The molecule has 0 saturated carbocycles. The number of halogens is 7. The summed E-state index contributed by atoms with van der Waals surface area (Å²) in [5.74, 6) is -4.21. The number of nitrogens with zero attached hydrogens (tertiary/aromatic N) is 3. The van der Waals surface area contributed by atoms with E-state index in [9.17, 15) is 49.9 Å². The predicted octanol–water partition coefficient (Wildman–Crippen LogP) is 5.94. The molecule has 2 unspecified atom stereocenters. The van der Waals surface area contributed by atoms with Crippen LogP contribution in [0.2, 0.25) is 0 Å². The van der Waals surface area contributed by atoms with Crippen LogP contribution in [0.25, 0.3) is 0 Å². The van der Waals surface area contributed by atoms with Gasteiger partial charge >= 0.3 is 12.4 Å². The summed E-state index contributed by atoms with van der Waals surface area (Å²) < 4.78 is 94.4. The quantitative estimate of drug-likeness (QED) is 0.285. The number of piperidine rings is 2. The number of carbonyl (C=O) groups is 4. The van der Waals surface area contributed by atoms with E-state index in [0.29, 0.717) is 23.3 Å². The van der Waals surface area contributed by atoms with Gasteiger partial charge in [0.1, 0.15) is 12.4 Å². The smallest absolute Gasteiger partial charge is 0.341 e. The number of imide groups is 1. The first-order chi connectivity index (χ1) is 21.2. The highest BCUT2D eigenvalue weighted by Crippen LogP contribution is 2.39. The molecule has 2 aliphatic rings. The fourth-order valence-electron chi connectivity index (χ4n) is 6.21. The minimum atomic E-state index is -5.05. The van der Waals surface area contributed by atoms with Crippen molar-refractivity contribution < 1.29 is 49.9 Å². The molecule has 0 aliphatic carbocycles. The third-order valence-electron chi connectivity index (χ3n) is 8.51. The number of hydrogen-bond donors (Lipinski definition) is 0. The van der Waals surface area contributed by atoms with E-state index in [1.54, 1.807) is 20.8 Å². The maximum Gasteiger partial charge on any atom is 0.416 e. The summed E-state index contributed by atoms with van der Waals surface area (Å²) in [6.45, 7) is 4.09. The van der Waals surface area contributed by atoms with E-state index in [1.165, 1.54) is 30.1 Å². The highest BCUT2D eigenvalue weighted by Gasteiger charge is 2.42. The van der Waals surface area contributed by atoms with Crippen molar-refractivity contribution in [1.82, 2.24) is 14.7 Å². The van der Waals surface area contributed by atoms with Gasteiger partial charge in [0.15, 0.2) is 0 Å². The molecule has 4 rings (SSSR count). The first-order valence-corrected chi connectivity index (χ1v) is 14.6. The van der Waals surface area contributed by atoms with Gasteiger partial charge in [0.25, 0.3) is 0 Å². The Hall–Kier alpha value is -3.97. The van der Waals surface area contributed by atoms with Crippen molar-refractivity contribution in [3.8, 4) is 0 Å². The van der Waals surface area contributed by atoms with Crippen LogP contribution >= 0.6 is 0 Å². The Bertz CT molecular complexity index is 1480. The van der Waals surface area contributed by atoms with Crippen molar-refractivity contribution in [2.45, 2.75) is 64.8 Å². The molecule has 2 aromatic rings. The lowest BCUT2D eigenvalue weighted by Crippen LogP contribution is -2.53. The summed E-state index contributed by atoms with van der Waals surface area (Å²) in [5, 5.41) is 0. The largest absolute Gasteiger partial charge is 0.416 e. The second kappa shape index (κ2) is 12.7. The number of aryl methyl sites for hydroxylation is 1. The minimum absolute atomic E-state index is 0.0112. The molecule has 4 amide bonds. The number of carbonyl (C=O) groups excluding carboxylic acids is 4. The molecule has 2 saturated heterocycles. The van der Waals surface area contributed by atoms with E-state index < -0.39 is 83.3 Å².